The SMILES string of the molecule is FC(F)(F)Oc1[c-]c2ccccc2cc1.[Li+]. The molecule has 0 spiro atoms. The van der Waals surface area contributed by atoms with E-state index in [9.17, 15) is 13.2 Å². The average Bonchev–Trinajstić information content (AvgIpc) is 2.15. The van der Waals surface area contributed by atoms with Gasteiger partial charge in [0, 0.05) is 5.75 Å². The second-order valence-corrected chi connectivity index (χ2v) is 2.96. The topological polar surface area (TPSA) is 9.23 Å². The molecule has 16 heavy (non-hydrogen) atoms. The average molecular weight is 218 g/mol. The predicted octanol–water partition coefficient (Wildman–Crippen LogP) is 0.543. The molecule has 78 valence electrons. The van der Waals surface area contributed by atoms with E-state index in [1.807, 2.05) is 0 Å². The fourth-order valence-electron chi connectivity index (χ4n) is 1.28. The van der Waals surface area contributed by atoms with E-state index in [4.69, 9.17) is 0 Å². The summed E-state index contributed by atoms with van der Waals surface area (Å²) in [5.74, 6) is -0.318. The number of benzene rings is 2. The van der Waals surface area contributed by atoms with Crippen molar-refractivity contribution in [3.63, 3.8) is 0 Å². The largest absolute Gasteiger partial charge is 1.00 e. The standard InChI is InChI=1S/C11H6F3O.Li/c12-11(13,14)15-10-6-5-8-3-1-2-4-9(8)7-10;/h1-6H;/q-1;+1. The van der Waals surface area contributed by atoms with Gasteiger partial charge in [-0.3, -0.25) is 0 Å². The van der Waals surface area contributed by atoms with E-state index in [0.29, 0.717) is 5.39 Å². The van der Waals surface area contributed by atoms with E-state index in [1.165, 1.54) is 6.07 Å². The third-order valence-corrected chi connectivity index (χ3v) is 1.86. The van der Waals surface area contributed by atoms with Crippen LogP contribution in [0.15, 0.2) is 36.4 Å². The van der Waals surface area contributed by atoms with Gasteiger partial charge in [-0.25, -0.2) is 0 Å². The molecule has 2 aromatic carbocycles. The Morgan fingerprint density at radius 2 is 1.69 bits per heavy atom. The van der Waals surface area contributed by atoms with Crippen molar-refractivity contribution < 1.29 is 36.8 Å². The van der Waals surface area contributed by atoms with Crippen LogP contribution >= 0.6 is 0 Å². The van der Waals surface area contributed by atoms with Gasteiger partial charge in [0.2, 0.25) is 0 Å². The summed E-state index contributed by atoms with van der Waals surface area (Å²) in [7, 11) is 0. The van der Waals surface area contributed by atoms with Gasteiger partial charge in [-0.05, 0) is 0 Å². The van der Waals surface area contributed by atoms with Crippen LogP contribution in [0.1, 0.15) is 0 Å². The van der Waals surface area contributed by atoms with Gasteiger partial charge in [0.05, 0.1) is 0 Å². The van der Waals surface area contributed by atoms with E-state index >= 15 is 0 Å². The number of fused-ring (bicyclic) bond motifs is 1. The van der Waals surface area contributed by atoms with E-state index in [-0.39, 0.29) is 24.6 Å². The van der Waals surface area contributed by atoms with Crippen molar-refractivity contribution in [3.05, 3.63) is 42.5 Å². The molecule has 0 unspecified atom stereocenters. The van der Waals surface area contributed by atoms with Gasteiger partial charge in [0.25, 0.3) is 0 Å². The zero-order valence-electron chi connectivity index (χ0n) is 8.51. The third-order valence-electron chi connectivity index (χ3n) is 1.86. The second-order valence-electron chi connectivity index (χ2n) is 2.96. The molecule has 5 heteroatoms. The van der Waals surface area contributed by atoms with Gasteiger partial charge in [0.15, 0.2) is 0 Å². The summed E-state index contributed by atoms with van der Waals surface area (Å²) in [6.07, 6.45) is -4.67. The molecular weight excluding hydrogens is 212 g/mol. The summed E-state index contributed by atoms with van der Waals surface area (Å²) in [4.78, 5) is 0. The molecule has 0 aromatic heterocycles. The number of ether oxygens (including phenoxy) is 1. The van der Waals surface area contributed by atoms with Crippen LogP contribution in [0.4, 0.5) is 13.2 Å². The van der Waals surface area contributed by atoms with Crippen LogP contribution in [0.5, 0.6) is 5.75 Å². The molecule has 0 atom stereocenters. The Labute approximate surface area is 102 Å². The minimum atomic E-state index is -4.67. The third kappa shape index (κ3) is 3.19. The molecule has 0 aliphatic carbocycles. The summed E-state index contributed by atoms with van der Waals surface area (Å²) in [5.41, 5.74) is 0. The van der Waals surface area contributed by atoms with Crippen molar-refractivity contribution in [1.82, 2.24) is 0 Å². The molecule has 0 amide bonds. The van der Waals surface area contributed by atoms with Crippen molar-refractivity contribution in [2.24, 2.45) is 0 Å². The summed E-state index contributed by atoms with van der Waals surface area (Å²) in [5, 5.41) is 1.42. The van der Waals surface area contributed by atoms with Crippen LogP contribution in [-0.4, -0.2) is 6.36 Å². The monoisotopic (exact) mass is 218 g/mol. The number of hydrogen-bond donors (Lipinski definition) is 0. The van der Waals surface area contributed by atoms with Crippen LogP contribution < -0.4 is 23.6 Å². The normalized spacial score (nSPS) is 10.9. The molecule has 0 radical (unpaired) electrons. The first-order valence-corrected chi connectivity index (χ1v) is 4.21. The Morgan fingerprint density at radius 3 is 2.38 bits per heavy atom. The fourth-order valence-corrected chi connectivity index (χ4v) is 1.28. The molecule has 0 bridgehead atoms. The number of alkyl halides is 3. The Balaban J connectivity index is 0.00000128. The maximum atomic E-state index is 11.9. The Morgan fingerprint density at radius 1 is 1.00 bits per heavy atom. The minimum Gasteiger partial charge on any atom is -0.426 e. The van der Waals surface area contributed by atoms with Crippen molar-refractivity contribution in [1.29, 1.82) is 0 Å². The fraction of sp³-hybridized carbons (Fsp3) is 0.0909. The predicted molar refractivity (Wildman–Crippen MR) is 49.5 cm³/mol. The van der Waals surface area contributed by atoms with Crippen molar-refractivity contribution in [3.8, 4) is 5.75 Å². The Bertz CT molecular complexity index is 482. The summed E-state index contributed by atoms with van der Waals surface area (Å²) in [6.45, 7) is 0. The van der Waals surface area contributed by atoms with Crippen LogP contribution in [0, 0.1) is 6.07 Å². The molecule has 0 N–H and O–H groups in total. The van der Waals surface area contributed by atoms with Gasteiger partial charge in [0.1, 0.15) is 0 Å². The molecular formula is C11H6F3LiO. The zero-order chi connectivity index (χ0) is 10.9. The van der Waals surface area contributed by atoms with Gasteiger partial charge in [-0.15, -0.1) is 48.2 Å². The van der Waals surface area contributed by atoms with Crippen LogP contribution in [-0.2, 0) is 0 Å². The van der Waals surface area contributed by atoms with Gasteiger partial charge in [-0.1, -0.05) is 18.2 Å². The van der Waals surface area contributed by atoms with E-state index < -0.39 is 6.36 Å². The quantitative estimate of drug-likeness (QED) is 0.501. The van der Waals surface area contributed by atoms with Crippen molar-refractivity contribution >= 4 is 10.8 Å². The number of rotatable bonds is 1. The smallest absolute Gasteiger partial charge is 0.426 e. The maximum absolute atomic E-state index is 11.9. The molecule has 0 aliphatic rings. The molecule has 1 nitrogen and oxygen atoms in total. The van der Waals surface area contributed by atoms with Crippen LogP contribution in [0.3, 0.4) is 0 Å². The zero-order valence-corrected chi connectivity index (χ0v) is 8.51. The second kappa shape index (κ2) is 4.81. The van der Waals surface area contributed by atoms with Gasteiger partial charge < -0.3 is 4.74 Å². The van der Waals surface area contributed by atoms with Crippen molar-refractivity contribution in [2.45, 2.75) is 6.36 Å². The van der Waals surface area contributed by atoms with Crippen molar-refractivity contribution in [2.75, 3.05) is 0 Å². The molecule has 0 fully saturated rings. The molecule has 0 saturated heterocycles. The van der Waals surface area contributed by atoms with Crippen LogP contribution in [0.25, 0.3) is 10.8 Å². The van der Waals surface area contributed by atoms with Crippen LogP contribution in [0.2, 0.25) is 0 Å². The van der Waals surface area contributed by atoms with Gasteiger partial charge in [-0.2, -0.15) is 0 Å². The molecule has 2 aromatic rings. The summed E-state index contributed by atoms with van der Waals surface area (Å²) >= 11 is 0. The summed E-state index contributed by atoms with van der Waals surface area (Å²) in [6, 6.07) is 12.4. The molecule has 2 rings (SSSR count). The number of hydrogen-bond acceptors (Lipinski definition) is 1. The van der Waals surface area contributed by atoms with Gasteiger partial charge >= 0.3 is 25.2 Å². The first-order chi connectivity index (χ1) is 7.04. The minimum absolute atomic E-state index is 0. The Hall–Kier alpha value is -1.11. The number of halogens is 3. The maximum Gasteiger partial charge on any atom is 1.00 e. The summed E-state index contributed by atoms with van der Waals surface area (Å²) < 4.78 is 39.5. The molecule has 0 heterocycles. The Kier molecular flexibility index (Phi) is 3.90. The first kappa shape index (κ1) is 13.0. The first-order valence-electron chi connectivity index (χ1n) is 4.21. The molecule has 0 aliphatic heterocycles. The molecule has 0 saturated carbocycles. The van der Waals surface area contributed by atoms with E-state index in [1.54, 1.807) is 30.3 Å². The van der Waals surface area contributed by atoms with E-state index in [2.05, 4.69) is 10.8 Å². The van der Waals surface area contributed by atoms with E-state index in [0.717, 1.165) is 5.39 Å².